The summed E-state index contributed by atoms with van der Waals surface area (Å²) in [6.45, 7) is 0.312. The third-order valence-electron chi connectivity index (χ3n) is 2.17. The third-order valence-corrected chi connectivity index (χ3v) is 2.17. The molecule has 2 nitrogen and oxygen atoms in total. The van der Waals surface area contributed by atoms with E-state index in [2.05, 4.69) is 5.43 Å². The van der Waals surface area contributed by atoms with E-state index in [0.29, 0.717) is 19.4 Å². The molecule has 0 heterocycles. The van der Waals surface area contributed by atoms with Gasteiger partial charge in [0.2, 0.25) is 0 Å². The second kappa shape index (κ2) is 6.89. The van der Waals surface area contributed by atoms with E-state index in [1.165, 1.54) is 6.42 Å². The summed E-state index contributed by atoms with van der Waals surface area (Å²) in [6.07, 6.45) is 4.56. The zero-order chi connectivity index (χ0) is 7.45. The normalized spacial score (nSPS) is 20.5. The SMILES string of the molecule is Cl.Cl.NNCC1(F)CCCCC1. The second-order valence-electron chi connectivity index (χ2n) is 3.09. The molecule has 0 saturated heterocycles. The number of halogens is 3. The Hall–Kier alpha value is 0.430. The molecule has 3 N–H and O–H groups in total. The van der Waals surface area contributed by atoms with Crippen LogP contribution in [0, 0.1) is 0 Å². The van der Waals surface area contributed by atoms with Crippen LogP contribution < -0.4 is 11.3 Å². The average molecular weight is 219 g/mol. The smallest absolute Gasteiger partial charge is 0.124 e. The molecule has 0 aliphatic heterocycles. The Morgan fingerprint density at radius 2 is 1.67 bits per heavy atom. The topological polar surface area (TPSA) is 38.0 Å². The second-order valence-corrected chi connectivity index (χ2v) is 3.09. The van der Waals surface area contributed by atoms with Crippen LogP contribution in [0.2, 0.25) is 0 Å². The quantitative estimate of drug-likeness (QED) is 0.550. The Labute approximate surface area is 85.3 Å². The minimum Gasteiger partial charge on any atom is -0.271 e. The summed E-state index contributed by atoms with van der Waals surface area (Å²) in [5.74, 6) is 5.05. The van der Waals surface area contributed by atoms with Gasteiger partial charge in [-0.25, -0.2) is 4.39 Å². The van der Waals surface area contributed by atoms with Gasteiger partial charge in [0.1, 0.15) is 5.67 Å². The summed E-state index contributed by atoms with van der Waals surface area (Å²) in [4.78, 5) is 0. The minimum atomic E-state index is -1.01. The highest BCUT2D eigenvalue weighted by Crippen LogP contribution is 2.30. The molecule has 0 aromatic rings. The lowest BCUT2D eigenvalue weighted by molar-refractivity contribution is 0.106. The number of rotatable bonds is 2. The predicted octanol–water partition coefficient (Wildman–Crippen LogP) is 1.97. The van der Waals surface area contributed by atoms with Crippen LogP contribution in [0.25, 0.3) is 0 Å². The van der Waals surface area contributed by atoms with E-state index in [0.717, 1.165) is 12.8 Å². The van der Waals surface area contributed by atoms with E-state index in [1.54, 1.807) is 0 Å². The highest BCUT2D eigenvalue weighted by Gasteiger charge is 2.30. The fourth-order valence-electron chi connectivity index (χ4n) is 1.55. The Morgan fingerprint density at radius 3 is 2.08 bits per heavy atom. The zero-order valence-electron chi connectivity index (χ0n) is 7.01. The van der Waals surface area contributed by atoms with Gasteiger partial charge in [0.15, 0.2) is 0 Å². The predicted molar refractivity (Wildman–Crippen MR) is 53.6 cm³/mol. The van der Waals surface area contributed by atoms with Crippen molar-refractivity contribution in [2.45, 2.75) is 37.8 Å². The van der Waals surface area contributed by atoms with Gasteiger partial charge in [0.05, 0.1) is 0 Å². The van der Waals surface area contributed by atoms with Crippen molar-refractivity contribution in [2.75, 3.05) is 6.54 Å². The molecule has 0 aromatic heterocycles. The van der Waals surface area contributed by atoms with Crippen molar-refractivity contribution in [3.63, 3.8) is 0 Å². The van der Waals surface area contributed by atoms with Crippen LogP contribution in [0.1, 0.15) is 32.1 Å². The molecular weight excluding hydrogens is 202 g/mol. The van der Waals surface area contributed by atoms with Crippen molar-refractivity contribution in [1.29, 1.82) is 0 Å². The van der Waals surface area contributed by atoms with Crippen molar-refractivity contribution < 1.29 is 4.39 Å². The van der Waals surface area contributed by atoms with Gasteiger partial charge in [-0.1, -0.05) is 19.3 Å². The first-order chi connectivity index (χ1) is 4.77. The summed E-state index contributed by atoms with van der Waals surface area (Å²) in [5.41, 5.74) is 1.40. The summed E-state index contributed by atoms with van der Waals surface area (Å²) in [5, 5.41) is 0. The monoisotopic (exact) mass is 218 g/mol. The molecule has 0 aromatic carbocycles. The molecule has 1 fully saturated rings. The van der Waals surface area contributed by atoms with Crippen LogP contribution in [-0.4, -0.2) is 12.2 Å². The third kappa shape index (κ3) is 4.45. The summed E-state index contributed by atoms with van der Waals surface area (Å²) in [6, 6.07) is 0. The minimum absolute atomic E-state index is 0. The number of hydrazine groups is 1. The van der Waals surface area contributed by atoms with E-state index in [4.69, 9.17) is 5.84 Å². The van der Waals surface area contributed by atoms with Crippen molar-refractivity contribution in [2.24, 2.45) is 5.84 Å². The molecule has 5 heteroatoms. The van der Waals surface area contributed by atoms with E-state index in [-0.39, 0.29) is 24.8 Å². The number of hydrogen-bond acceptors (Lipinski definition) is 2. The molecule has 12 heavy (non-hydrogen) atoms. The summed E-state index contributed by atoms with van der Waals surface area (Å²) < 4.78 is 13.4. The molecule has 1 aliphatic carbocycles. The van der Waals surface area contributed by atoms with Crippen molar-refractivity contribution in [3.05, 3.63) is 0 Å². The number of nitrogens with two attached hydrogens (primary N) is 1. The summed E-state index contributed by atoms with van der Waals surface area (Å²) in [7, 11) is 0. The van der Waals surface area contributed by atoms with Gasteiger partial charge in [0.25, 0.3) is 0 Å². The Morgan fingerprint density at radius 1 is 1.17 bits per heavy atom. The first-order valence-corrected chi connectivity index (χ1v) is 3.89. The molecule has 1 aliphatic rings. The van der Waals surface area contributed by atoms with Gasteiger partial charge >= 0.3 is 0 Å². The van der Waals surface area contributed by atoms with Crippen LogP contribution in [0.5, 0.6) is 0 Å². The fraction of sp³-hybridized carbons (Fsp3) is 1.00. The number of nitrogens with one attached hydrogen (secondary N) is 1. The largest absolute Gasteiger partial charge is 0.271 e. The maximum Gasteiger partial charge on any atom is 0.124 e. The lowest BCUT2D eigenvalue weighted by atomic mass is 9.86. The standard InChI is InChI=1S/C7H15FN2.2ClH/c8-7(6-10-9)4-2-1-3-5-7;;/h10H,1-6,9H2;2*1H. The molecular formula is C7H17Cl2FN2. The summed E-state index contributed by atoms with van der Waals surface area (Å²) >= 11 is 0. The Balaban J connectivity index is 0. The van der Waals surface area contributed by atoms with E-state index >= 15 is 0 Å². The van der Waals surface area contributed by atoms with Gasteiger partial charge in [-0.3, -0.25) is 11.3 Å². The highest BCUT2D eigenvalue weighted by atomic mass is 35.5. The molecule has 76 valence electrons. The van der Waals surface area contributed by atoms with Crippen molar-refractivity contribution >= 4 is 24.8 Å². The molecule has 0 atom stereocenters. The molecule has 1 rings (SSSR count). The lowest BCUT2D eigenvalue weighted by Crippen LogP contribution is -2.41. The van der Waals surface area contributed by atoms with Crippen LogP contribution >= 0.6 is 24.8 Å². The van der Waals surface area contributed by atoms with Crippen molar-refractivity contribution in [1.82, 2.24) is 5.43 Å². The van der Waals surface area contributed by atoms with E-state index in [9.17, 15) is 4.39 Å². The molecule has 1 saturated carbocycles. The maximum atomic E-state index is 13.4. The average Bonchev–Trinajstić information content (AvgIpc) is 1.89. The lowest BCUT2D eigenvalue weighted by Gasteiger charge is -2.28. The van der Waals surface area contributed by atoms with Gasteiger partial charge in [0, 0.05) is 6.54 Å². The number of alkyl halides is 1. The van der Waals surface area contributed by atoms with E-state index < -0.39 is 5.67 Å². The zero-order valence-corrected chi connectivity index (χ0v) is 8.65. The molecule has 0 spiro atoms. The maximum absolute atomic E-state index is 13.4. The van der Waals surface area contributed by atoms with Gasteiger partial charge in [-0.2, -0.15) is 0 Å². The first kappa shape index (κ1) is 14.9. The fourth-order valence-corrected chi connectivity index (χ4v) is 1.55. The van der Waals surface area contributed by atoms with Gasteiger partial charge in [-0.05, 0) is 12.8 Å². The van der Waals surface area contributed by atoms with Crippen LogP contribution in [0.15, 0.2) is 0 Å². The highest BCUT2D eigenvalue weighted by molar-refractivity contribution is 5.85. The van der Waals surface area contributed by atoms with Gasteiger partial charge in [-0.15, -0.1) is 24.8 Å². The molecule has 0 unspecified atom stereocenters. The van der Waals surface area contributed by atoms with Gasteiger partial charge < -0.3 is 0 Å². The van der Waals surface area contributed by atoms with E-state index in [1.807, 2.05) is 0 Å². The van der Waals surface area contributed by atoms with Crippen LogP contribution in [0.4, 0.5) is 4.39 Å². The molecule has 0 amide bonds. The molecule has 0 bridgehead atoms. The van der Waals surface area contributed by atoms with Crippen LogP contribution in [0.3, 0.4) is 0 Å². The molecule has 0 radical (unpaired) electrons. The van der Waals surface area contributed by atoms with Crippen molar-refractivity contribution in [3.8, 4) is 0 Å². The first-order valence-electron chi connectivity index (χ1n) is 3.89. The number of hydrogen-bond donors (Lipinski definition) is 2. The Bertz CT molecular complexity index is 102. The van der Waals surface area contributed by atoms with Crippen LogP contribution in [-0.2, 0) is 0 Å². The Kier molecular flexibility index (Phi) is 8.58.